The largest absolute Gasteiger partial charge is 0.398 e. The van der Waals surface area contributed by atoms with E-state index in [0.717, 1.165) is 6.07 Å². The van der Waals surface area contributed by atoms with Gasteiger partial charge in [0.1, 0.15) is 0 Å². The van der Waals surface area contributed by atoms with Crippen molar-refractivity contribution in [1.82, 2.24) is 4.72 Å². The van der Waals surface area contributed by atoms with E-state index in [0.29, 0.717) is 0 Å². The smallest absolute Gasteiger partial charge is 0.320 e. The topological polar surface area (TPSA) is 72.2 Å². The van der Waals surface area contributed by atoms with Gasteiger partial charge in [0.25, 0.3) is 0 Å². The van der Waals surface area contributed by atoms with Gasteiger partial charge >= 0.3 is 12.3 Å². The molecule has 1 aromatic rings. The molecule has 19 heavy (non-hydrogen) atoms. The third-order valence-electron chi connectivity index (χ3n) is 2.43. The average Bonchev–Trinajstić information content (AvgIpc) is 2.30. The fourth-order valence-electron chi connectivity index (χ4n) is 1.27. The Kier molecular flexibility index (Phi) is 4.41. The van der Waals surface area contributed by atoms with E-state index in [2.05, 4.69) is 0 Å². The van der Waals surface area contributed by atoms with Gasteiger partial charge in [-0.25, -0.2) is 21.9 Å². The number of nitrogens with one attached hydrogen (secondary N) is 1. The van der Waals surface area contributed by atoms with Gasteiger partial charge < -0.3 is 5.73 Å². The van der Waals surface area contributed by atoms with Gasteiger partial charge in [-0.05, 0) is 24.6 Å². The zero-order valence-electron chi connectivity index (χ0n) is 9.83. The van der Waals surface area contributed by atoms with Crippen molar-refractivity contribution < 1.29 is 26.0 Å². The van der Waals surface area contributed by atoms with E-state index in [4.69, 9.17) is 5.73 Å². The Bertz CT molecular complexity index is 561. The van der Waals surface area contributed by atoms with Crippen LogP contribution in [-0.4, -0.2) is 27.3 Å². The number of hydrogen-bond donors (Lipinski definition) is 2. The molecule has 108 valence electrons. The molecular weight excluding hydrogens is 288 g/mol. The quantitative estimate of drug-likeness (QED) is 0.643. The van der Waals surface area contributed by atoms with Crippen LogP contribution in [0.1, 0.15) is 5.56 Å². The number of halogens is 4. The number of alkyl halides is 4. The predicted octanol–water partition coefficient (Wildman–Crippen LogP) is 1.76. The summed E-state index contributed by atoms with van der Waals surface area (Å²) < 4.78 is 74.1. The van der Waals surface area contributed by atoms with Crippen LogP contribution in [0.15, 0.2) is 23.1 Å². The molecule has 1 aromatic carbocycles. The standard InChI is InChI=1S/C10H12F4N2O2S/c1-6-7(15)3-2-4-8(6)19(17,18)16-5-10(13,14)9(11)12/h2-4,9,16H,5,15H2,1H3. The molecule has 0 aliphatic carbocycles. The molecule has 0 unspecified atom stereocenters. The number of sulfonamides is 1. The lowest BCUT2D eigenvalue weighted by atomic mass is 10.2. The first-order chi connectivity index (χ1) is 8.58. The van der Waals surface area contributed by atoms with Crippen molar-refractivity contribution in [2.24, 2.45) is 0 Å². The Labute approximate surface area is 107 Å². The highest BCUT2D eigenvalue weighted by atomic mass is 32.2. The summed E-state index contributed by atoms with van der Waals surface area (Å²) in [5.41, 5.74) is 5.81. The molecule has 0 fully saturated rings. The molecule has 4 nitrogen and oxygen atoms in total. The number of benzene rings is 1. The van der Waals surface area contributed by atoms with Crippen molar-refractivity contribution >= 4 is 15.7 Å². The van der Waals surface area contributed by atoms with Crippen molar-refractivity contribution in [3.05, 3.63) is 23.8 Å². The van der Waals surface area contributed by atoms with Crippen LogP contribution in [0.2, 0.25) is 0 Å². The summed E-state index contributed by atoms with van der Waals surface area (Å²) in [6.45, 7) is -0.295. The third kappa shape index (κ3) is 3.57. The van der Waals surface area contributed by atoms with Gasteiger partial charge in [-0.2, -0.15) is 8.78 Å². The zero-order valence-corrected chi connectivity index (χ0v) is 10.6. The van der Waals surface area contributed by atoms with Crippen molar-refractivity contribution in [2.45, 2.75) is 24.2 Å². The summed E-state index contributed by atoms with van der Waals surface area (Å²) in [6, 6.07) is 3.90. The predicted molar refractivity (Wildman–Crippen MR) is 61.7 cm³/mol. The molecule has 0 saturated heterocycles. The van der Waals surface area contributed by atoms with Crippen LogP contribution < -0.4 is 10.5 Å². The maximum atomic E-state index is 12.7. The minimum atomic E-state index is -4.43. The molecule has 0 aliphatic rings. The Morgan fingerprint density at radius 2 is 1.95 bits per heavy atom. The van der Waals surface area contributed by atoms with E-state index in [1.165, 1.54) is 23.8 Å². The Morgan fingerprint density at radius 1 is 1.37 bits per heavy atom. The van der Waals surface area contributed by atoms with Crippen molar-refractivity contribution in [2.75, 3.05) is 12.3 Å². The lowest BCUT2D eigenvalue weighted by molar-refractivity contribution is -0.122. The minimum Gasteiger partial charge on any atom is -0.398 e. The average molecular weight is 300 g/mol. The monoisotopic (exact) mass is 300 g/mol. The van der Waals surface area contributed by atoms with Crippen LogP contribution in [0, 0.1) is 6.92 Å². The molecule has 0 aromatic heterocycles. The summed E-state index contributed by atoms with van der Waals surface area (Å²) in [5, 5.41) is 0. The normalized spacial score (nSPS) is 12.9. The number of nitrogens with two attached hydrogens (primary N) is 1. The Hall–Kier alpha value is -1.35. The van der Waals surface area contributed by atoms with Crippen molar-refractivity contribution in [1.29, 1.82) is 0 Å². The lowest BCUT2D eigenvalue weighted by Crippen LogP contribution is -2.41. The van der Waals surface area contributed by atoms with Crippen molar-refractivity contribution in [3.8, 4) is 0 Å². The van der Waals surface area contributed by atoms with Gasteiger partial charge in [0.15, 0.2) is 0 Å². The van der Waals surface area contributed by atoms with Gasteiger partial charge in [-0.3, -0.25) is 0 Å². The van der Waals surface area contributed by atoms with Gasteiger partial charge in [-0.15, -0.1) is 0 Å². The van der Waals surface area contributed by atoms with E-state index in [9.17, 15) is 26.0 Å². The summed E-state index contributed by atoms with van der Waals surface area (Å²) in [4.78, 5) is -0.322. The fraction of sp³-hybridized carbons (Fsp3) is 0.400. The minimum absolute atomic E-state index is 0.156. The van der Waals surface area contributed by atoms with Gasteiger partial charge in [-0.1, -0.05) is 6.07 Å². The van der Waals surface area contributed by atoms with E-state index >= 15 is 0 Å². The SMILES string of the molecule is Cc1c(N)cccc1S(=O)(=O)NCC(F)(F)C(F)F. The van der Waals surface area contributed by atoms with Crippen LogP contribution in [-0.2, 0) is 10.0 Å². The molecule has 0 saturated carbocycles. The van der Waals surface area contributed by atoms with Gasteiger partial charge in [0.2, 0.25) is 10.0 Å². The zero-order chi connectivity index (χ0) is 14.8. The number of anilines is 1. The highest BCUT2D eigenvalue weighted by Gasteiger charge is 2.41. The molecule has 0 aliphatic heterocycles. The second-order valence-electron chi connectivity index (χ2n) is 3.86. The molecule has 0 spiro atoms. The molecule has 0 radical (unpaired) electrons. The summed E-state index contributed by atoms with van der Waals surface area (Å²) in [6.07, 6.45) is -3.95. The molecule has 9 heteroatoms. The lowest BCUT2D eigenvalue weighted by Gasteiger charge is -2.16. The van der Waals surface area contributed by atoms with Crippen molar-refractivity contribution in [3.63, 3.8) is 0 Å². The second-order valence-corrected chi connectivity index (χ2v) is 5.59. The molecule has 0 heterocycles. The number of rotatable bonds is 5. The molecule has 0 atom stereocenters. The highest BCUT2D eigenvalue weighted by molar-refractivity contribution is 7.89. The van der Waals surface area contributed by atoms with Crippen LogP contribution in [0.5, 0.6) is 0 Å². The first-order valence-electron chi connectivity index (χ1n) is 5.08. The molecular formula is C10H12F4N2O2S. The second kappa shape index (κ2) is 5.33. The summed E-state index contributed by atoms with van der Waals surface area (Å²) in [5.74, 6) is -4.43. The Morgan fingerprint density at radius 3 is 2.47 bits per heavy atom. The maximum absolute atomic E-state index is 12.7. The van der Waals surface area contributed by atoms with E-state index < -0.39 is 28.9 Å². The van der Waals surface area contributed by atoms with Gasteiger partial charge in [0, 0.05) is 5.69 Å². The first-order valence-corrected chi connectivity index (χ1v) is 6.57. The van der Waals surface area contributed by atoms with Crippen LogP contribution >= 0.6 is 0 Å². The highest BCUT2D eigenvalue weighted by Crippen LogP contribution is 2.24. The Balaban J connectivity index is 2.97. The van der Waals surface area contributed by atoms with Crippen LogP contribution in [0.4, 0.5) is 23.2 Å². The molecule has 0 bridgehead atoms. The number of nitrogen functional groups attached to an aromatic ring is 1. The first kappa shape index (κ1) is 15.7. The van der Waals surface area contributed by atoms with E-state index in [-0.39, 0.29) is 16.1 Å². The summed E-state index contributed by atoms with van der Waals surface area (Å²) >= 11 is 0. The molecule has 0 amide bonds. The van der Waals surface area contributed by atoms with E-state index in [1.54, 1.807) is 0 Å². The van der Waals surface area contributed by atoms with E-state index in [1.807, 2.05) is 0 Å². The third-order valence-corrected chi connectivity index (χ3v) is 3.98. The van der Waals surface area contributed by atoms with Crippen LogP contribution in [0.25, 0.3) is 0 Å². The number of hydrogen-bond acceptors (Lipinski definition) is 3. The molecule has 1 rings (SSSR count). The van der Waals surface area contributed by atoms with Crippen LogP contribution in [0.3, 0.4) is 0 Å². The van der Waals surface area contributed by atoms with Gasteiger partial charge in [0.05, 0.1) is 11.4 Å². The molecule has 3 N–H and O–H groups in total. The summed E-state index contributed by atoms with van der Waals surface area (Å²) in [7, 11) is -4.32. The fourth-order valence-corrected chi connectivity index (χ4v) is 2.59. The maximum Gasteiger partial charge on any atom is 0.320 e.